The van der Waals surface area contributed by atoms with Crippen LogP contribution in [-0.4, -0.2) is 11.5 Å². The molecule has 90 valence electrons. The highest BCUT2D eigenvalue weighted by atomic mass is 14.8. The van der Waals surface area contributed by atoms with Crippen LogP contribution in [0.1, 0.15) is 16.8 Å². The zero-order valence-corrected chi connectivity index (χ0v) is 10.1. The van der Waals surface area contributed by atoms with Crippen molar-refractivity contribution in [2.24, 2.45) is 0 Å². The molecule has 0 bridgehead atoms. The van der Waals surface area contributed by atoms with E-state index in [1.807, 2.05) is 48.7 Å². The average molecular weight is 237 g/mol. The molecule has 0 aliphatic rings. The van der Waals surface area contributed by atoms with E-state index >= 15 is 0 Å². The largest absolute Gasteiger partial charge is 0.312 e. The number of nitrogens with one attached hydrogen (secondary N) is 1. The first-order chi connectivity index (χ1) is 8.88. The molecule has 0 atom stereocenters. The van der Waals surface area contributed by atoms with E-state index in [2.05, 4.69) is 16.4 Å². The summed E-state index contributed by atoms with van der Waals surface area (Å²) in [6, 6.07) is 15.8. The Morgan fingerprint density at radius 2 is 2.11 bits per heavy atom. The Morgan fingerprint density at radius 1 is 1.17 bits per heavy atom. The van der Waals surface area contributed by atoms with Gasteiger partial charge in [0.2, 0.25) is 0 Å². The summed E-state index contributed by atoms with van der Waals surface area (Å²) in [5.41, 5.74) is 2.94. The zero-order valence-electron chi connectivity index (χ0n) is 10.1. The van der Waals surface area contributed by atoms with Crippen LogP contribution >= 0.6 is 0 Å². The Balaban J connectivity index is 1.77. The normalized spacial score (nSPS) is 9.94. The lowest BCUT2D eigenvalue weighted by molar-refractivity contribution is 0.680. The molecule has 0 aliphatic carbocycles. The number of benzene rings is 1. The van der Waals surface area contributed by atoms with Crippen molar-refractivity contribution < 1.29 is 0 Å². The van der Waals surface area contributed by atoms with Gasteiger partial charge in [-0.1, -0.05) is 18.2 Å². The standard InChI is InChI=1S/C15H15N3/c16-11-13-4-3-5-14(10-13)12-17-9-7-15-6-1-2-8-18-15/h1-6,8,10,17H,7,9,12H2. The van der Waals surface area contributed by atoms with E-state index in [0.29, 0.717) is 5.56 Å². The lowest BCUT2D eigenvalue weighted by Crippen LogP contribution is -2.17. The van der Waals surface area contributed by atoms with E-state index in [-0.39, 0.29) is 0 Å². The van der Waals surface area contributed by atoms with Crippen molar-refractivity contribution in [3.8, 4) is 6.07 Å². The molecule has 0 saturated heterocycles. The number of pyridine rings is 1. The Labute approximate surface area is 107 Å². The number of hydrogen-bond donors (Lipinski definition) is 1. The lowest BCUT2D eigenvalue weighted by Gasteiger charge is -2.05. The summed E-state index contributed by atoms with van der Waals surface area (Å²) >= 11 is 0. The fraction of sp³-hybridized carbons (Fsp3) is 0.200. The molecule has 1 N–H and O–H groups in total. The van der Waals surface area contributed by atoms with Crippen LogP contribution in [0.5, 0.6) is 0 Å². The summed E-state index contributed by atoms with van der Waals surface area (Å²) < 4.78 is 0. The topological polar surface area (TPSA) is 48.7 Å². The minimum absolute atomic E-state index is 0.707. The second kappa shape index (κ2) is 6.53. The van der Waals surface area contributed by atoms with Crippen LogP contribution in [0, 0.1) is 11.3 Å². The maximum Gasteiger partial charge on any atom is 0.0991 e. The molecule has 3 nitrogen and oxygen atoms in total. The molecule has 2 rings (SSSR count). The van der Waals surface area contributed by atoms with Gasteiger partial charge < -0.3 is 5.32 Å². The minimum Gasteiger partial charge on any atom is -0.312 e. The van der Waals surface area contributed by atoms with Crippen molar-refractivity contribution in [3.05, 3.63) is 65.5 Å². The summed E-state index contributed by atoms with van der Waals surface area (Å²) in [5, 5.41) is 12.2. The fourth-order valence-electron chi connectivity index (χ4n) is 1.75. The van der Waals surface area contributed by atoms with E-state index in [4.69, 9.17) is 5.26 Å². The van der Waals surface area contributed by atoms with Crippen molar-refractivity contribution in [1.82, 2.24) is 10.3 Å². The van der Waals surface area contributed by atoms with Gasteiger partial charge in [0.1, 0.15) is 0 Å². The van der Waals surface area contributed by atoms with Gasteiger partial charge in [-0.3, -0.25) is 4.98 Å². The molecule has 0 amide bonds. The predicted octanol–water partition coefficient (Wildman–Crippen LogP) is 2.29. The molecule has 18 heavy (non-hydrogen) atoms. The van der Waals surface area contributed by atoms with E-state index in [1.54, 1.807) is 0 Å². The van der Waals surface area contributed by atoms with Gasteiger partial charge in [-0.2, -0.15) is 5.26 Å². The van der Waals surface area contributed by atoms with Gasteiger partial charge in [0.05, 0.1) is 11.6 Å². The Bertz CT molecular complexity index is 529. The van der Waals surface area contributed by atoms with Crippen molar-refractivity contribution in [2.75, 3.05) is 6.54 Å². The highest BCUT2D eigenvalue weighted by molar-refractivity contribution is 5.32. The highest BCUT2D eigenvalue weighted by Crippen LogP contribution is 2.03. The van der Waals surface area contributed by atoms with E-state index in [1.165, 1.54) is 0 Å². The number of hydrogen-bond acceptors (Lipinski definition) is 3. The first-order valence-electron chi connectivity index (χ1n) is 5.98. The molecular formula is C15H15N3. The fourth-order valence-corrected chi connectivity index (χ4v) is 1.75. The number of nitriles is 1. The molecule has 0 unspecified atom stereocenters. The summed E-state index contributed by atoms with van der Waals surface area (Å²) in [4.78, 5) is 4.27. The van der Waals surface area contributed by atoms with Gasteiger partial charge in [-0.15, -0.1) is 0 Å². The van der Waals surface area contributed by atoms with Gasteiger partial charge in [0, 0.05) is 31.4 Å². The average Bonchev–Trinajstić information content (AvgIpc) is 2.45. The summed E-state index contributed by atoms with van der Waals surface area (Å²) in [5.74, 6) is 0. The summed E-state index contributed by atoms with van der Waals surface area (Å²) in [6.45, 7) is 1.66. The molecule has 1 aromatic carbocycles. The molecule has 1 heterocycles. The van der Waals surface area contributed by atoms with Crippen molar-refractivity contribution in [1.29, 1.82) is 5.26 Å². The van der Waals surface area contributed by atoms with Crippen LogP contribution in [-0.2, 0) is 13.0 Å². The molecule has 3 heteroatoms. The van der Waals surface area contributed by atoms with Crippen molar-refractivity contribution in [3.63, 3.8) is 0 Å². The maximum atomic E-state index is 8.80. The molecule has 0 saturated carbocycles. The molecular weight excluding hydrogens is 222 g/mol. The molecule has 1 aromatic heterocycles. The van der Waals surface area contributed by atoms with Gasteiger partial charge >= 0.3 is 0 Å². The first kappa shape index (κ1) is 12.3. The smallest absolute Gasteiger partial charge is 0.0991 e. The number of aromatic nitrogens is 1. The van der Waals surface area contributed by atoms with Crippen LogP contribution in [0.15, 0.2) is 48.7 Å². The molecule has 0 spiro atoms. The quantitative estimate of drug-likeness (QED) is 0.812. The van der Waals surface area contributed by atoms with E-state index in [9.17, 15) is 0 Å². The Kier molecular flexibility index (Phi) is 4.46. The van der Waals surface area contributed by atoms with E-state index < -0.39 is 0 Å². The van der Waals surface area contributed by atoms with Gasteiger partial charge in [-0.25, -0.2) is 0 Å². The van der Waals surface area contributed by atoms with E-state index in [0.717, 1.165) is 30.8 Å². The van der Waals surface area contributed by atoms with Crippen LogP contribution in [0.25, 0.3) is 0 Å². The second-order valence-electron chi connectivity index (χ2n) is 4.06. The van der Waals surface area contributed by atoms with Crippen LogP contribution in [0.4, 0.5) is 0 Å². The highest BCUT2D eigenvalue weighted by Gasteiger charge is 1.96. The van der Waals surface area contributed by atoms with Crippen molar-refractivity contribution in [2.45, 2.75) is 13.0 Å². The van der Waals surface area contributed by atoms with Crippen molar-refractivity contribution >= 4 is 0 Å². The summed E-state index contributed by atoms with van der Waals surface area (Å²) in [7, 11) is 0. The van der Waals surface area contributed by atoms with Gasteiger partial charge in [0.15, 0.2) is 0 Å². The number of rotatable bonds is 5. The van der Waals surface area contributed by atoms with Crippen LogP contribution in [0.2, 0.25) is 0 Å². The Morgan fingerprint density at radius 3 is 2.89 bits per heavy atom. The van der Waals surface area contributed by atoms with Crippen LogP contribution in [0.3, 0.4) is 0 Å². The third-order valence-electron chi connectivity index (χ3n) is 2.67. The predicted molar refractivity (Wildman–Crippen MR) is 70.8 cm³/mol. The molecule has 0 radical (unpaired) electrons. The SMILES string of the molecule is N#Cc1cccc(CNCCc2ccccn2)c1. The molecule has 0 aliphatic heterocycles. The molecule has 0 fully saturated rings. The monoisotopic (exact) mass is 237 g/mol. The number of nitrogens with zero attached hydrogens (tertiary/aromatic N) is 2. The van der Waals surface area contributed by atoms with Gasteiger partial charge in [-0.05, 0) is 29.8 Å². The van der Waals surface area contributed by atoms with Gasteiger partial charge in [0.25, 0.3) is 0 Å². The Hall–Kier alpha value is -2.18. The summed E-state index contributed by atoms with van der Waals surface area (Å²) in [6.07, 6.45) is 2.73. The van der Waals surface area contributed by atoms with Crippen LogP contribution < -0.4 is 5.32 Å². The lowest BCUT2D eigenvalue weighted by atomic mass is 10.1. The third-order valence-corrected chi connectivity index (χ3v) is 2.67. The zero-order chi connectivity index (χ0) is 12.6. The maximum absolute atomic E-state index is 8.80. The third kappa shape index (κ3) is 3.69. The minimum atomic E-state index is 0.707. The first-order valence-corrected chi connectivity index (χ1v) is 5.98. The second-order valence-corrected chi connectivity index (χ2v) is 4.06. The molecule has 2 aromatic rings.